The molecular formula is C20H25ClIN5O. The Balaban J connectivity index is 0.00000280. The van der Waals surface area contributed by atoms with Gasteiger partial charge in [0.2, 0.25) is 5.91 Å². The zero-order valence-electron chi connectivity index (χ0n) is 15.8. The molecule has 0 bridgehead atoms. The van der Waals surface area contributed by atoms with Gasteiger partial charge in [-0.25, -0.2) is 0 Å². The zero-order valence-corrected chi connectivity index (χ0v) is 18.9. The number of carbonyl (C=O) groups excluding carboxylic acids is 1. The Kier molecular flexibility index (Phi) is 8.37. The number of anilines is 1. The molecule has 0 saturated carbocycles. The predicted molar refractivity (Wildman–Crippen MR) is 126 cm³/mol. The molecular weight excluding hydrogens is 489 g/mol. The SMILES string of the molecule is CN=C(NCc1cccc(C(N)=O)c1)N1CCN(c2cccc(Cl)c2)CC1.I. The first-order valence-electron chi connectivity index (χ1n) is 8.91. The normalized spacial score (nSPS) is 14.4. The first kappa shape index (κ1) is 22.3. The van der Waals surface area contributed by atoms with E-state index < -0.39 is 5.91 Å². The number of piperazine rings is 1. The molecule has 150 valence electrons. The molecule has 0 atom stereocenters. The summed E-state index contributed by atoms with van der Waals surface area (Å²) in [4.78, 5) is 20.3. The van der Waals surface area contributed by atoms with Crippen LogP contribution in [0, 0.1) is 0 Å². The Morgan fingerprint density at radius 1 is 1.14 bits per heavy atom. The maximum atomic E-state index is 11.3. The molecule has 1 fully saturated rings. The van der Waals surface area contributed by atoms with Crippen LogP contribution < -0.4 is 16.0 Å². The summed E-state index contributed by atoms with van der Waals surface area (Å²) in [5.41, 5.74) is 8.00. The number of hydrogen-bond donors (Lipinski definition) is 2. The second-order valence-electron chi connectivity index (χ2n) is 6.42. The number of carbonyl (C=O) groups is 1. The molecule has 0 unspecified atom stereocenters. The summed E-state index contributed by atoms with van der Waals surface area (Å²) in [5.74, 6) is 0.434. The van der Waals surface area contributed by atoms with Crippen molar-refractivity contribution in [2.75, 3.05) is 38.1 Å². The van der Waals surface area contributed by atoms with Crippen LogP contribution in [0.5, 0.6) is 0 Å². The molecule has 3 rings (SSSR count). The number of halogens is 2. The van der Waals surface area contributed by atoms with E-state index in [1.54, 1.807) is 19.2 Å². The van der Waals surface area contributed by atoms with Crippen molar-refractivity contribution in [2.45, 2.75) is 6.54 Å². The largest absolute Gasteiger partial charge is 0.368 e. The maximum absolute atomic E-state index is 11.3. The van der Waals surface area contributed by atoms with Gasteiger partial charge in [-0.3, -0.25) is 9.79 Å². The number of primary amides is 1. The smallest absolute Gasteiger partial charge is 0.248 e. The van der Waals surface area contributed by atoms with Crippen LogP contribution in [0.1, 0.15) is 15.9 Å². The van der Waals surface area contributed by atoms with Crippen molar-refractivity contribution < 1.29 is 4.79 Å². The van der Waals surface area contributed by atoms with E-state index in [0.717, 1.165) is 48.4 Å². The summed E-state index contributed by atoms with van der Waals surface area (Å²) >= 11 is 6.10. The Morgan fingerprint density at radius 3 is 2.50 bits per heavy atom. The van der Waals surface area contributed by atoms with Gasteiger partial charge in [-0.2, -0.15) is 0 Å². The molecule has 1 amide bonds. The quantitative estimate of drug-likeness (QED) is 0.375. The topological polar surface area (TPSA) is 74.0 Å². The molecule has 1 aliphatic rings. The number of aliphatic imine (C=N–C) groups is 1. The van der Waals surface area contributed by atoms with Gasteiger partial charge in [-0.15, -0.1) is 24.0 Å². The number of nitrogens with zero attached hydrogens (tertiary/aromatic N) is 3. The monoisotopic (exact) mass is 513 g/mol. The number of hydrogen-bond acceptors (Lipinski definition) is 3. The Bertz CT molecular complexity index is 837. The van der Waals surface area contributed by atoms with Crippen molar-refractivity contribution in [3.63, 3.8) is 0 Å². The first-order chi connectivity index (χ1) is 13.1. The molecule has 3 N–H and O–H groups in total. The van der Waals surface area contributed by atoms with Crippen LogP contribution in [0.25, 0.3) is 0 Å². The third-order valence-electron chi connectivity index (χ3n) is 4.63. The third kappa shape index (κ3) is 5.75. The highest BCUT2D eigenvalue weighted by Crippen LogP contribution is 2.20. The molecule has 0 spiro atoms. The van der Waals surface area contributed by atoms with Crippen LogP contribution >= 0.6 is 35.6 Å². The van der Waals surface area contributed by atoms with E-state index in [4.69, 9.17) is 17.3 Å². The van der Waals surface area contributed by atoms with E-state index >= 15 is 0 Å². The third-order valence-corrected chi connectivity index (χ3v) is 4.86. The molecule has 0 radical (unpaired) electrons. The molecule has 0 aromatic heterocycles. The summed E-state index contributed by atoms with van der Waals surface area (Å²) in [6.07, 6.45) is 0. The molecule has 2 aromatic carbocycles. The van der Waals surface area contributed by atoms with Gasteiger partial charge in [0.05, 0.1) is 0 Å². The second-order valence-corrected chi connectivity index (χ2v) is 6.86. The predicted octanol–water partition coefficient (Wildman–Crippen LogP) is 2.95. The van der Waals surface area contributed by atoms with Gasteiger partial charge in [0.1, 0.15) is 0 Å². The zero-order chi connectivity index (χ0) is 19.2. The maximum Gasteiger partial charge on any atom is 0.248 e. The van der Waals surface area contributed by atoms with Gasteiger partial charge in [-0.1, -0.05) is 29.8 Å². The fraction of sp³-hybridized carbons (Fsp3) is 0.300. The summed E-state index contributed by atoms with van der Waals surface area (Å²) in [6, 6.07) is 15.3. The average Bonchev–Trinajstić information content (AvgIpc) is 2.69. The van der Waals surface area contributed by atoms with Crippen molar-refractivity contribution in [1.82, 2.24) is 10.2 Å². The Hall–Kier alpha value is -2.00. The minimum atomic E-state index is -0.418. The summed E-state index contributed by atoms with van der Waals surface area (Å²) in [6.45, 7) is 4.12. The van der Waals surface area contributed by atoms with Crippen LogP contribution in [0.4, 0.5) is 5.69 Å². The van der Waals surface area contributed by atoms with Crippen molar-refractivity contribution in [3.05, 3.63) is 64.7 Å². The van der Waals surface area contributed by atoms with E-state index in [2.05, 4.69) is 26.2 Å². The van der Waals surface area contributed by atoms with Gasteiger partial charge < -0.3 is 20.9 Å². The second kappa shape index (κ2) is 10.5. The van der Waals surface area contributed by atoms with Crippen LogP contribution in [-0.4, -0.2) is 50.0 Å². The number of nitrogens with one attached hydrogen (secondary N) is 1. The molecule has 6 nitrogen and oxygen atoms in total. The van der Waals surface area contributed by atoms with Gasteiger partial charge in [0.25, 0.3) is 0 Å². The van der Waals surface area contributed by atoms with E-state index in [0.29, 0.717) is 12.1 Å². The van der Waals surface area contributed by atoms with E-state index in [9.17, 15) is 4.79 Å². The van der Waals surface area contributed by atoms with Crippen molar-refractivity contribution >= 4 is 53.1 Å². The van der Waals surface area contributed by atoms with E-state index in [-0.39, 0.29) is 24.0 Å². The molecule has 1 heterocycles. The number of amides is 1. The van der Waals surface area contributed by atoms with Crippen LogP contribution in [0.15, 0.2) is 53.5 Å². The molecule has 1 saturated heterocycles. The lowest BCUT2D eigenvalue weighted by Crippen LogP contribution is -2.52. The number of rotatable bonds is 4. The lowest BCUT2D eigenvalue weighted by molar-refractivity contribution is 0.1000. The van der Waals surface area contributed by atoms with Crippen LogP contribution in [-0.2, 0) is 6.54 Å². The first-order valence-corrected chi connectivity index (χ1v) is 9.29. The fourth-order valence-electron chi connectivity index (χ4n) is 3.20. The highest BCUT2D eigenvalue weighted by Gasteiger charge is 2.20. The van der Waals surface area contributed by atoms with Gasteiger partial charge in [0.15, 0.2) is 5.96 Å². The number of benzene rings is 2. The molecule has 8 heteroatoms. The fourth-order valence-corrected chi connectivity index (χ4v) is 3.38. The van der Waals surface area contributed by atoms with Gasteiger partial charge >= 0.3 is 0 Å². The average molecular weight is 514 g/mol. The summed E-state index contributed by atoms with van der Waals surface area (Å²) < 4.78 is 0. The van der Waals surface area contributed by atoms with Crippen molar-refractivity contribution in [3.8, 4) is 0 Å². The molecule has 0 aliphatic carbocycles. The Labute approximate surface area is 187 Å². The van der Waals surface area contributed by atoms with E-state index in [1.807, 2.05) is 30.3 Å². The molecule has 1 aliphatic heterocycles. The lowest BCUT2D eigenvalue weighted by atomic mass is 10.1. The Morgan fingerprint density at radius 2 is 1.86 bits per heavy atom. The number of guanidine groups is 1. The standard InChI is InChI=1S/C20H24ClN5O.HI/c1-23-20(24-14-15-4-2-5-16(12-15)19(22)27)26-10-8-25(9-11-26)18-7-3-6-17(21)13-18;/h2-7,12-13H,8-11,14H2,1H3,(H2,22,27)(H,23,24);1H. The molecule has 2 aromatic rings. The minimum absolute atomic E-state index is 0. The highest BCUT2D eigenvalue weighted by atomic mass is 127. The van der Waals surface area contributed by atoms with Gasteiger partial charge in [-0.05, 0) is 35.9 Å². The number of nitrogens with two attached hydrogens (primary N) is 1. The summed E-state index contributed by atoms with van der Waals surface area (Å²) in [7, 11) is 1.78. The van der Waals surface area contributed by atoms with E-state index in [1.165, 1.54) is 0 Å². The van der Waals surface area contributed by atoms with Crippen LogP contribution in [0.2, 0.25) is 5.02 Å². The van der Waals surface area contributed by atoms with Gasteiger partial charge in [0, 0.05) is 56.0 Å². The highest BCUT2D eigenvalue weighted by molar-refractivity contribution is 14.0. The van der Waals surface area contributed by atoms with Crippen molar-refractivity contribution in [2.24, 2.45) is 10.7 Å². The lowest BCUT2D eigenvalue weighted by Gasteiger charge is -2.37. The van der Waals surface area contributed by atoms with Crippen LogP contribution in [0.3, 0.4) is 0 Å². The summed E-state index contributed by atoms with van der Waals surface area (Å²) in [5, 5.41) is 4.12. The minimum Gasteiger partial charge on any atom is -0.368 e. The molecule has 28 heavy (non-hydrogen) atoms. The van der Waals surface area contributed by atoms with Crippen molar-refractivity contribution in [1.29, 1.82) is 0 Å².